The van der Waals surface area contributed by atoms with Crippen LogP contribution in [0.4, 0.5) is 0 Å². The summed E-state index contributed by atoms with van der Waals surface area (Å²) in [6.45, 7) is 2.10. The fraction of sp³-hybridized carbons (Fsp3) is 0.375. The third-order valence-electron chi connectivity index (χ3n) is 4.13. The number of H-pyrrole nitrogens is 1. The second-order valence-corrected chi connectivity index (χ2v) is 5.30. The maximum absolute atomic E-state index is 12.4. The largest absolute Gasteiger partial charge is 0.465 e. The number of rotatable bonds is 2. The average molecular weight is 271 g/mol. The first-order chi connectivity index (χ1) is 9.65. The molecule has 3 rings (SSSR count). The van der Waals surface area contributed by atoms with Crippen molar-refractivity contribution < 1.29 is 14.3 Å². The van der Waals surface area contributed by atoms with Crippen molar-refractivity contribution in [3.8, 4) is 0 Å². The van der Waals surface area contributed by atoms with Crippen molar-refractivity contribution in [2.24, 2.45) is 5.92 Å². The van der Waals surface area contributed by atoms with E-state index in [1.807, 2.05) is 6.07 Å². The number of nitrogens with one attached hydrogen (secondary N) is 1. The SMILES string of the molecule is CCC1CC(=O)c2c([nH]c3cccc(C(=O)OC)c23)C1. The van der Waals surface area contributed by atoms with Crippen molar-refractivity contribution in [3.63, 3.8) is 0 Å². The molecule has 0 saturated carbocycles. The van der Waals surface area contributed by atoms with Crippen LogP contribution in [-0.2, 0) is 11.2 Å². The Morgan fingerprint density at radius 2 is 2.20 bits per heavy atom. The topological polar surface area (TPSA) is 59.2 Å². The second kappa shape index (κ2) is 4.78. The van der Waals surface area contributed by atoms with Gasteiger partial charge in [-0.15, -0.1) is 0 Å². The highest BCUT2D eigenvalue weighted by Gasteiger charge is 2.29. The van der Waals surface area contributed by atoms with Gasteiger partial charge in [0.1, 0.15) is 0 Å². The normalized spacial score (nSPS) is 18.1. The molecule has 0 radical (unpaired) electrons. The van der Waals surface area contributed by atoms with Crippen molar-refractivity contribution >= 4 is 22.7 Å². The van der Waals surface area contributed by atoms with Crippen molar-refractivity contribution in [3.05, 3.63) is 35.0 Å². The molecule has 1 atom stereocenters. The number of carbonyl (C=O) groups is 2. The summed E-state index contributed by atoms with van der Waals surface area (Å²) in [6.07, 6.45) is 2.42. The standard InChI is InChI=1S/C16H17NO3/c1-3-9-7-12-15(13(18)8-9)14-10(16(19)20-2)5-4-6-11(14)17-12/h4-6,9,17H,3,7-8H2,1-2H3. The minimum Gasteiger partial charge on any atom is -0.465 e. The van der Waals surface area contributed by atoms with Gasteiger partial charge in [0.05, 0.1) is 12.7 Å². The Hall–Kier alpha value is -2.10. The lowest BCUT2D eigenvalue weighted by atomic mass is 9.84. The fourth-order valence-corrected chi connectivity index (χ4v) is 3.06. The van der Waals surface area contributed by atoms with Crippen LogP contribution in [0.3, 0.4) is 0 Å². The van der Waals surface area contributed by atoms with Crippen LogP contribution in [0.5, 0.6) is 0 Å². The summed E-state index contributed by atoms with van der Waals surface area (Å²) in [5.41, 5.74) is 2.94. The van der Waals surface area contributed by atoms with Gasteiger partial charge in [0.15, 0.2) is 5.78 Å². The fourth-order valence-electron chi connectivity index (χ4n) is 3.06. The zero-order valence-electron chi connectivity index (χ0n) is 11.7. The van der Waals surface area contributed by atoms with Gasteiger partial charge in [-0.3, -0.25) is 4.79 Å². The molecule has 20 heavy (non-hydrogen) atoms. The molecule has 0 aliphatic heterocycles. The molecule has 4 nitrogen and oxygen atoms in total. The van der Waals surface area contributed by atoms with E-state index >= 15 is 0 Å². The number of ether oxygens (including phenoxy) is 1. The third kappa shape index (κ3) is 1.83. The zero-order chi connectivity index (χ0) is 14.3. The Balaban J connectivity index is 2.25. The summed E-state index contributed by atoms with van der Waals surface area (Å²) in [4.78, 5) is 27.6. The molecule has 1 aliphatic rings. The molecule has 1 heterocycles. The highest BCUT2D eigenvalue weighted by Crippen LogP contribution is 2.34. The first-order valence-corrected chi connectivity index (χ1v) is 6.90. The molecule has 1 unspecified atom stereocenters. The minimum absolute atomic E-state index is 0.126. The first-order valence-electron chi connectivity index (χ1n) is 6.90. The molecule has 0 bridgehead atoms. The summed E-state index contributed by atoms with van der Waals surface area (Å²) < 4.78 is 4.82. The number of fused-ring (bicyclic) bond motifs is 3. The molecule has 1 N–H and O–H groups in total. The Kier molecular flexibility index (Phi) is 3.08. The van der Waals surface area contributed by atoms with Gasteiger partial charge in [-0.1, -0.05) is 19.4 Å². The second-order valence-electron chi connectivity index (χ2n) is 5.30. The van der Waals surface area contributed by atoms with Gasteiger partial charge in [0.2, 0.25) is 0 Å². The van der Waals surface area contributed by atoms with Gasteiger partial charge in [-0.05, 0) is 24.5 Å². The highest BCUT2D eigenvalue weighted by atomic mass is 16.5. The molecule has 2 aromatic rings. The number of Topliss-reactive ketones (excluding diaryl/α,β-unsaturated/α-hetero) is 1. The van der Waals surface area contributed by atoms with Gasteiger partial charge in [-0.25, -0.2) is 4.79 Å². The smallest absolute Gasteiger partial charge is 0.338 e. The number of hydrogen-bond acceptors (Lipinski definition) is 3. The van der Waals surface area contributed by atoms with E-state index in [1.54, 1.807) is 12.1 Å². The molecule has 0 amide bonds. The minimum atomic E-state index is -0.400. The van der Waals surface area contributed by atoms with Gasteiger partial charge in [0, 0.05) is 28.6 Å². The predicted octanol–water partition coefficient (Wildman–Crippen LogP) is 3.11. The van der Waals surface area contributed by atoms with Crippen molar-refractivity contribution in [2.45, 2.75) is 26.2 Å². The van der Waals surface area contributed by atoms with E-state index in [2.05, 4.69) is 11.9 Å². The van der Waals surface area contributed by atoms with Crippen LogP contribution >= 0.6 is 0 Å². The average Bonchev–Trinajstić information content (AvgIpc) is 2.84. The summed E-state index contributed by atoms with van der Waals surface area (Å²) in [7, 11) is 1.36. The number of aromatic amines is 1. The summed E-state index contributed by atoms with van der Waals surface area (Å²) >= 11 is 0. The number of hydrogen-bond donors (Lipinski definition) is 1. The van der Waals surface area contributed by atoms with Crippen LogP contribution in [0, 0.1) is 5.92 Å². The molecule has 0 fully saturated rings. The van der Waals surface area contributed by atoms with Crippen molar-refractivity contribution in [2.75, 3.05) is 7.11 Å². The molecule has 104 valence electrons. The number of carbonyl (C=O) groups excluding carboxylic acids is 2. The molecule has 4 heteroatoms. The number of ketones is 1. The van der Waals surface area contributed by atoms with Crippen LogP contribution < -0.4 is 0 Å². The van der Waals surface area contributed by atoms with Gasteiger partial charge < -0.3 is 9.72 Å². The van der Waals surface area contributed by atoms with Gasteiger partial charge >= 0.3 is 5.97 Å². The van der Waals surface area contributed by atoms with Gasteiger partial charge in [-0.2, -0.15) is 0 Å². The van der Waals surface area contributed by atoms with E-state index in [1.165, 1.54) is 7.11 Å². The van der Waals surface area contributed by atoms with Crippen LogP contribution in [0.1, 0.15) is 46.2 Å². The molecular formula is C16H17NO3. The molecule has 1 aliphatic carbocycles. The van der Waals surface area contributed by atoms with Crippen molar-refractivity contribution in [1.82, 2.24) is 4.98 Å². The number of aromatic nitrogens is 1. The van der Waals surface area contributed by atoms with Crippen LogP contribution in [0.2, 0.25) is 0 Å². The lowest BCUT2D eigenvalue weighted by molar-refractivity contribution is 0.0603. The Bertz CT molecular complexity index is 699. The van der Waals surface area contributed by atoms with E-state index in [9.17, 15) is 9.59 Å². The molecule has 1 aromatic carbocycles. The van der Waals surface area contributed by atoms with Crippen LogP contribution in [-0.4, -0.2) is 23.8 Å². The number of methoxy groups -OCH3 is 1. The maximum atomic E-state index is 12.4. The third-order valence-corrected chi connectivity index (χ3v) is 4.13. The summed E-state index contributed by atoms with van der Waals surface area (Å²) in [5, 5.41) is 0.717. The quantitative estimate of drug-likeness (QED) is 0.854. The van der Waals surface area contributed by atoms with E-state index in [-0.39, 0.29) is 5.78 Å². The monoisotopic (exact) mass is 271 g/mol. The lowest BCUT2D eigenvalue weighted by Crippen LogP contribution is -2.19. The predicted molar refractivity (Wildman–Crippen MR) is 76.1 cm³/mol. The summed E-state index contributed by atoms with van der Waals surface area (Å²) in [6, 6.07) is 5.41. The maximum Gasteiger partial charge on any atom is 0.338 e. The van der Waals surface area contributed by atoms with Crippen molar-refractivity contribution in [1.29, 1.82) is 0 Å². The van der Waals surface area contributed by atoms with Gasteiger partial charge in [0.25, 0.3) is 0 Å². The Morgan fingerprint density at radius 1 is 1.40 bits per heavy atom. The van der Waals surface area contributed by atoms with E-state index < -0.39 is 5.97 Å². The summed E-state index contributed by atoms with van der Waals surface area (Å²) in [5.74, 6) is 0.119. The molecule has 1 aromatic heterocycles. The van der Waals surface area contributed by atoms with Crippen LogP contribution in [0.15, 0.2) is 18.2 Å². The highest BCUT2D eigenvalue weighted by molar-refractivity contribution is 6.16. The Morgan fingerprint density at radius 3 is 2.90 bits per heavy atom. The lowest BCUT2D eigenvalue weighted by Gasteiger charge is -2.19. The Labute approximate surface area is 117 Å². The van der Waals surface area contributed by atoms with E-state index in [0.29, 0.717) is 28.9 Å². The first kappa shape index (κ1) is 12.9. The molecule has 0 saturated heterocycles. The van der Waals surface area contributed by atoms with E-state index in [0.717, 1.165) is 24.1 Å². The number of esters is 1. The molecular weight excluding hydrogens is 254 g/mol. The zero-order valence-corrected chi connectivity index (χ0v) is 11.7. The number of benzene rings is 1. The van der Waals surface area contributed by atoms with E-state index in [4.69, 9.17) is 4.74 Å². The molecule has 0 spiro atoms. The van der Waals surface area contributed by atoms with Crippen LogP contribution in [0.25, 0.3) is 10.9 Å².